The second-order valence-corrected chi connectivity index (χ2v) is 6.07. The summed E-state index contributed by atoms with van der Waals surface area (Å²) in [6.07, 6.45) is 1.26. The first-order valence-electron chi connectivity index (χ1n) is 9.06. The Kier molecular flexibility index (Phi) is 7.01. The predicted molar refractivity (Wildman–Crippen MR) is 99.8 cm³/mol. The van der Waals surface area contributed by atoms with Crippen LogP contribution in [0.3, 0.4) is 0 Å². The SMILES string of the molecule is [2H]C(O)(CCCCc1ccc(OC)c(OC)c1)COc1cccc(C)c1. The summed E-state index contributed by atoms with van der Waals surface area (Å²) in [4.78, 5) is 0. The van der Waals surface area contributed by atoms with Crippen molar-refractivity contribution in [2.24, 2.45) is 0 Å². The minimum Gasteiger partial charge on any atom is -0.493 e. The first kappa shape index (κ1) is 17.6. The Bertz CT molecular complexity index is 700. The third-order valence-electron chi connectivity index (χ3n) is 4.02. The van der Waals surface area contributed by atoms with Gasteiger partial charge in [0, 0.05) is 0 Å². The molecule has 0 aromatic heterocycles. The fraction of sp³-hybridized carbons (Fsp3) is 0.429. The first-order chi connectivity index (χ1) is 12.4. The molecule has 0 aliphatic rings. The predicted octanol–water partition coefficient (Wildman–Crippen LogP) is 4.16. The van der Waals surface area contributed by atoms with Gasteiger partial charge in [-0.15, -0.1) is 0 Å². The van der Waals surface area contributed by atoms with Crippen molar-refractivity contribution in [1.82, 2.24) is 0 Å². The molecule has 0 amide bonds. The van der Waals surface area contributed by atoms with E-state index in [0.717, 1.165) is 30.4 Å². The van der Waals surface area contributed by atoms with E-state index < -0.39 is 6.08 Å². The van der Waals surface area contributed by atoms with E-state index in [-0.39, 0.29) is 6.61 Å². The van der Waals surface area contributed by atoms with Crippen molar-refractivity contribution >= 4 is 0 Å². The maximum atomic E-state index is 10.2. The van der Waals surface area contributed by atoms with E-state index in [2.05, 4.69) is 0 Å². The molecule has 0 radical (unpaired) electrons. The molecule has 0 saturated heterocycles. The highest BCUT2D eigenvalue weighted by atomic mass is 16.5. The van der Waals surface area contributed by atoms with Crippen LogP contribution < -0.4 is 14.2 Å². The summed E-state index contributed by atoms with van der Waals surface area (Å²) in [5.74, 6) is 2.11. The lowest BCUT2D eigenvalue weighted by Crippen LogP contribution is -2.17. The van der Waals surface area contributed by atoms with E-state index in [1.54, 1.807) is 14.2 Å². The molecular weight excluding hydrogens is 316 g/mol. The van der Waals surface area contributed by atoms with Gasteiger partial charge in [0.1, 0.15) is 12.4 Å². The van der Waals surface area contributed by atoms with Crippen LogP contribution in [-0.2, 0) is 6.42 Å². The zero-order chi connectivity index (χ0) is 19.0. The molecule has 136 valence electrons. The molecule has 0 saturated carbocycles. The van der Waals surface area contributed by atoms with Gasteiger partial charge < -0.3 is 19.3 Å². The number of hydrogen-bond acceptors (Lipinski definition) is 4. The summed E-state index contributed by atoms with van der Waals surface area (Å²) in [6, 6.07) is 13.5. The largest absolute Gasteiger partial charge is 0.493 e. The van der Waals surface area contributed by atoms with Gasteiger partial charge in [-0.05, 0) is 61.6 Å². The molecule has 4 heteroatoms. The van der Waals surface area contributed by atoms with Crippen molar-refractivity contribution in [3.05, 3.63) is 53.6 Å². The van der Waals surface area contributed by atoms with Gasteiger partial charge in [0.05, 0.1) is 21.7 Å². The summed E-state index contributed by atoms with van der Waals surface area (Å²) in [7, 11) is 3.24. The molecular formula is C21H28O4. The van der Waals surface area contributed by atoms with Gasteiger partial charge in [-0.3, -0.25) is 0 Å². The second kappa shape index (κ2) is 9.94. The quantitative estimate of drug-likeness (QED) is 0.657. The van der Waals surface area contributed by atoms with Crippen LogP contribution in [-0.4, -0.2) is 32.0 Å². The molecule has 0 spiro atoms. The topological polar surface area (TPSA) is 47.9 Å². The van der Waals surface area contributed by atoms with Crippen LogP contribution in [0.15, 0.2) is 42.5 Å². The van der Waals surface area contributed by atoms with Crippen LogP contribution in [0, 0.1) is 6.92 Å². The van der Waals surface area contributed by atoms with Gasteiger partial charge in [-0.2, -0.15) is 0 Å². The summed E-state index contributed by atoms with van der Waals surface area (Å²) in [5, 5.41) is 10.2. The Labute approximate surface area is 151 Å². The van der Waals surface area contributed by atoms with Crippen LogP contribution in [0.1, 0.15) is 31.8 Å². The van der Waals surface area contributed by atoms with Crippen LogP contribution in [0.2, 0.25) is 0 Å². The first-order valence-corrected chi connectivity index (χ1v) is 8.56. The molecule has 2 rings (SSSR count). The lowest BCUT2D eigenvalue weighted by molar-refractivity contribution is 0.0976. The van der Waals surface area contributed by atoms with Crippen molar-refractivity contribution < 1.29 is 20.7 Å². The van der Waals surface area contributed by atoms with Crippen molar-refractivity contribution in [3.8, 4) is 17.2 Å². The summed E-state index contributed by atoms with van der Waals surface area (Å²) < 4.78 is 24.1. The average Bonchev–Trinajstić information content (AvgIpc) is 2.63. The Morgan fingerprint density at radius 3 is 2.56 bits per heavy atom. The molecule has 1 unspecified atom stereocenters. The molecule has 0 aliphatic carbocycles. The number of rotatable bonds is 10. The molecule has 2 aromatic rings. The molecule has 0 fully saturated rings. The zero-order valence-electron chi connectivity index (χ0n) is 16.2. The number of aryl methyl sites for hydroxylation is 2. The Morgan fingerprint density at radius 1 is 1.04 bits per heavy atom. The smallest absolute Gasteiger partial charge is 0.160 e. The highest BCUT2D eigenvalue weighted by Gasteiger charge is 2.07. The molecule has 1 atom stereocenters. The van der Waals surface area contributed by atoms with Crippen LogP contribution in [0.25, 0.3) is 0 Å². The van der Waals surface area contributed by atoms with Crippen molar-refractivity contribution in [2.45, 2.75) is 38.7 Å². The van der Waals surface area contributed by atoms with Gasteiger partial charge >= 0.3 is 0 Å². The minimum absolute atomic E-state index is 0.0349. The monoisotopic (exact) mass is 345 g/mol. The number of aliphatic hydroxyl groups is 1. The van der Waals surface area contributed by atoms with Gasteiger partial charge in [-0.25, -0.2) is 0 Å². The number of benzene rings is 2. The maximum absolute atomic E-state index is 10.2. The highest BCUT2D eigenvalue weighted by Crippen LogP contribution is 2.28. The van der Waals surface area contributed by atoms with Crippen LogP contribution >= 0.6 is 0 Å². The highest BCUT2D eigenvalue weighted by molar-refractivity contribution is 5.42. The van der Waals surface area contributed by atoms with Gasteiger partial charge in [0.2, 0.25) is 0 Å². The number of hydrogen-bond donors (Lipinski definition) is 1. The van der Waals surface area contributed by atoms with E-state index in [1.807, 2.05) is 49.4 Å². The molecule has 2 aromatic carbocycles. The number of methoxy groups -OCH3 is 2. The Hall–Kier alpha value is -2.20. The number of unbranched alkanes of at least 4 members (excludes halogenated alkanes) is 1. The van der Waals surface area contributed by atoms with Crippen LogP contribution in [0.5, 0.6) is 17.2 Å². The second-order valence-electron chi connectivity index (χ2n) is 6.07. The zero-order valence-corrected chi connectivity index (χ0v) is 15.2. The van der Waals surface area contributed by atoms with Crippen molar-refractivity contribution in [3.63, 3.8) is 0 Å². The van der Waals surface area contributed by atoms with Crippen LogP contribution in [0.4, 0.5) is 0 Å². The molecule has 0 aliphatic heterocycles. The van der Waals surface area contributed by atoms with E-state index in [9.17, 15) is 5.11 Å². The van der Waals surface area contributed by atoms with Gasteiger partial charge in [0.25, 0.3) is 0 Å². The van der Waals surface area contributed by atoms with E-state index in [0.29, 0.717) is 23.7 Å². The normalized spacial score (nSPS) is 13.7. The maximum Gasteiger partial charge on any atom is 0.160 e. The van der Waals surface area contributed by atoms with E-state index in [1.165, 1.54) is 0 Å². The van der Waals surface area contributed by atoms with Gasteiger partial charge in [0.15, 0.2) is 11.5 Å². The molecule has 0 bridgehead atoms. The standard InChI is InChI=1S/C21H28O4/c1-16-7-6-10-19(13-16)25-15-18(22)9-5-4-8-17-11-12-20(23-2)21(14-17)24-3/h6-7,10-14,18,22H,4-5,8-9,15H2,1-3H3/i18D. The third-order valence-corrected chi connectivity index (χ3v) is 4.02. The lowest BCUT2D eigenvalue weighted by atomic mass is 10.0. The van der Waals surface area contributed by atoms with Crippen molar-refractivity contribution in [1.29, 1.82) is 0 Å². The summed E-state index contributed by atoms with van der Waals surface area (Å²) in [5.41, 5.74) is 2.23. The lowest BCUT2D eigenvalue weighted by Gasteiger charge is -2.13. The minimum atomic E-state index is -1.58. The summed E-state index contributed by atoms with van der Waals surface area (Å²) in [6.45, 7) is 1.95. The fourth-order valence-corrected chi connectivity index (χ4v) is 2.64. The Balaban J connectivity index is 1.75. The fourth-order valence-electron chi connectivity index (χ4n) is 2.64. The molecule has 0 heterocycles. The molecule has 25 heavy (non-hydrogen) atoms. The Morgan fingerprint density at radius 2 is 1.84 bits per heavy atom. The molecule has 1 N–H and O–H groups in total. The molecule has 4 nitrogen and oxygen atoms in total. The average molecular weight is 345 g/mol. The van der Waals surface area contributed by atoms with E-state index >= 15 is 0 Å². The summed E-state index contributed by atoms with van der Waals surface area (Å²) >= 11 is 0. The van der Waals surface area contributed by atoms with E-state index in [4.69, 9.17) is 15.6 Å². The number of ether oxygens (including phenoxy) is 3. The van der Waals surface area contributed by atoms with Crippen molar-refractivity contribution in [2.75, 3.05) is 20.8 Å². The van der Waals surface area contributed by atoms with Gasteiger partial charge in [-0.1, -0.05) is 24.6 Å². The third kappa shape index (κ3) is 6.31.